The molecule has 1 aromatic rings. The Hall–Kier alpha value is -2.06. The first-order chi connectivity index (χ1) is 9.88. The van der Waals surface area contributed by atoms with Crippen LogP contribution in [0.3, 0.4) is 0 Å². The normalized spacial score (nSPS) is 15.5. The Morgan fingerprint density at radius 3 is 2.57 bits per heavy atom. The number of hydrazine groups is 1. The smallest absolute Gasteiger partial charge is 0.411 e. The Morgan fingerprint density at radius 2 is 1.95 bits per heavy atom. The Labute approximate surface area is 123 Å². The first-order valence-electron chi connectivity index (χ1n) is 6.43. The number of aryl methyl sites for hydroxylation is 1. The lowest BCUT2D eigenvalue weighted by molar-refractivity contribution is 0.159. The van der Waals surface area contributed by atoms with Gasteiger partial charge in [0.15, 0.2) is 0 Å². The summed E-state index contributed by atoms with van der Waals surface area (Å²) in [6.07, 6.45) is 1.55. The first kappa shape index (κ1) is 15.3. The van der Waals surface area contributed by atoms with Crippen molar-refractivity contribution < 1.29 is 18.3 Å². The lowest BCUT2D eigenvalue weighted by Crippen LogP contribution is -2.39. The van der Waals surface area contributed by atoms with Gasteiger partial charge in [-0.1, -0.05) is 17.7 Å². The number of amides is 1. The van der Waals surface area contributed by atoms with Gasteiger partial charge in [0.2, 0.25) is 0 Å². The van der Waals surface area contributed by atoms with Gasteiger partial charge in [-0.15, -0.1) is 4.83 Å². The third-order valence-electron chi connectivity index (χ3n) is 3.08. The molecule has 1 aromatic carbocycles. The minimum Gasteiger partial charge on any atom is -0.465 e. The van der Waals surface area contributed by atoms with Crippen molar-refractivity contribution in [1.82, 2.24) is 15.2 Å². The Kier molecular flexibility index (Phi) is 4.49. The average Bonchev–Trinajstić information content (AvgIpc) is 2.46. The van der Waals surface area contributed by atoms with Crippen LogP contribution in [0.2, 0.25) is 0 Å². The molecule has 8 heteroatoms. The molecule has 3 N–H and O–H groups in total. The SMILES string of the molecule is Cc1ccc(S(=O)(=O)NNC2=CN(C(=O)O)CCC2)cc1. The summed E-state index contributed by atoms with van der Waals surface area (Å²) in [7, 11) is -3.68. The van der Waals surface area contributed by atoms with Gasteiger partial charge in [0.25, 0.3) is 10.0 Å². The molecule has 0 spiro atoms. The number of benzene rings is 1. The van der Waals surface area contributed by atoms with E-state index in [9.17, 15) is 13.2 Å². The van der Waals surface area contributed by atoms with Crippen LogP contribution in [0.1, 0.15) is 18.4 Å². The molecule has 0 unspecified atom stereocenters. The highest BCUT2D eigenvalue weighted by atomic mass is 32.2. The lowest BCUT2D eigenvalue weighted by atomic mass is 10.2. The zero-order chi connectivity index (χ0) is 15.5. The van der Waals surface area contributed by atoms with Crippen molar-refractivity contribution in [1.29, 1.82) is 0 Å². The van der Waals surface area contributed by atoms with Gasteiger partial charge in [-0.2, -0.15) is 0 Å². The summed E-state index contributed by atoms with van der Waals surface area (Å²) in [5.74, 6) is 0. The molecule has 21 heavy (non-hydrogen) atoms. The molecule has 7 nitrogen and oxygen atoms in total. The summed E-state index contributed by atoms with van der Waals surface area (Å²) < 4.78 is 24.1. The van der Waals surface area contributed by atoms with Crippen LogP contribution in [-0.2, 0) is 10.0 Å². The number of carbonyl (C=O) groups is 1. The molecule has 2 rings (SSSR count). The quantitative estimate of drug-likeness (QED) is 0.730. The molecule has 1 aliphatic rings. The molecule has 1 aliphatic heterocycles. The number of hydrogen-bond acceptors (Lipinski definition) is 4. The lowest BCUT2D eigenvalue weighted by Gasteiger charge is -2.23. The molecule has 0 aromatic heterocycles. The van der Waals surface area contributed by atoms with Crippen LogP contribution in [0, 0.1) is 6.92 Å². The van der Waals surface area contributed by atoms with E-state index in [1.54, 1.807) is 12.1 Å². The minimum atomic E-state index is -3.68. The van der Waals surface area contributed by atoms with E-state index in [-0.39, 0.29) is 4.90 Å². The predicted octanol–water partition coefficient (Wildman–Crippen LogP) is 1.39. The summed E-state index contributed by atoms with van der Waals surface area (Å²) in [6.45, 7) is 2.28. The highest BCUT2D eigenvalue weighted by Gasteiger charge is 2.18. The van der Waals surface area contributed by atoms with Gasteiger partial charge in [0.05, 0.1) is 4.90 Å². The molecule has 0 fully saturated rings. The van der Waals surface area contributed by atoms with Crippen LogP contribution in [-0.4, -0.2) is 31.1 Å². The molecule has 114 valence electrons. The van der Waals surface area contributed by atoms with E-state index in [4.69, 9.17) is 5.11 Å². The van der Waals surface area contributed by atoms with E-state index in [0.29, 0.717) is 25.1 Å². The van der Waals surface area contributed by atoms with E-state index < -0.39 is 16.1 Å². The van der Waals surface area contributed by atoms with Crippen molar-refractivity contribution in [2.75, 3.05) is 6.54 Å². The minimum absolute atomic E-state index is 0.145. The van der Waals surface area contributed by atoms with Crippen LogP contribution >= 0.6 is 0 Å². The maximum atomic E-state index is 12.1. The van der Waals surface area contributed by atoms with Crippen molar-refractivity contribution in [3.8, 4) is 0 Å². The second-order valence-electron chi connectivity index (χ2n) is 4.78. The average molecular weight is 311 g/mol. The van der Waals surface area contributed by atoms with E-state index in [1.807, 2.05) is 6.92 Å². The summed E-state index contributed by atoms with van der Waals surface area (Å²) in [5.41, 5.74) is 4.06. The highest BCUT2D eigenvalue weighted by Crippen LogP contribution is 2.13. The van der Waals surface area contributed by atoms with Gasteiger partial charge in [0, 0.05) is 18.4 Å². The molecule has 0 atom stereocenters. The maximum Gasteiger partial charge on any atom is 0.411 e. The number of nitrogens with one attached hydrogen (secondary N) is 2. The van der Waals surface area contributed by atoms with Gasteiger partial charge < -0.3 is 10.5 Å². The standard InChI is InChI=1S/C13H17N3O4S/c1-10-4-6-12(7-5-10)21(19,20)15-14-11-3-2-8-16(9-11)13(17)18/h4-7,9,14-15H,2-3,8H2,1H3,(H,17,18). The van der Waals surface area contributed by atoms with Gasteiger partial charge in [0.1, 0.15) is 0 Å². The third kappa shape index (κ3) is 3.96. The molecule has 1 amide bonds. The summed E-state index contributed by atoms with van der Waals surface area (Å²) >= 11 is 0. The fourth-order valence-electron chi connectivity index (χ4n) is 1.91. The van der Waals surface area contributed by atoms with Crippen LogP contribution in [0.5, 0.6) is 0 Å². The molecule has 1 heterocycles. The number of carboxylic acid groups (broad SMARTS) is 1. The number of hydrogen-bond donors (Lipinski definition) is 3. The van der Waals surface area contributed by atoms with E-state index in [1.165, 1.54) is 18.3 Å². The number of sulfonamides is 1. The van der Waals surface area contributed by atoms with Crippen LogP contribution in [0.4, 0.5) is 4.79 Å². The van der Waals surface area contributed by atoms with Crippen LogP contribution in [0.15, 0.2) is 41.1 Å². The summed E-state index contributed by atoms with van der Waals surface area (Å²) in [5, 5.41) is 8.90. The zero-order valence-electron chi connectivity index (χ0n) is 11.5. The molecular formula is C13H17N3O4S. The van der Waals surface area contributed by atoms with Crippen LogP contribution < -0.4 is 10.3 Å². The topological polar surface area (TPSA) is 98.7 Å². The van der Waals surface area contributed by atoms with Gasteiger partial charge in [-0.25, -0.2) is 13.2 Å². The number of nitrogens with zero attached hydrogens (tertiary/aromatic N) is 1. The maximum absolute atomic E-state index is 12.1. The Bertz CT molecular complexity index is 652. The van der Waals surface area contributed by atoms with Crippen molar-refractivity contribution in [2.24, 2.45) is 0 Å². The fraction of sp³-hybridized carbons (Fsp3) is 0.308. The predicted molar refractivity (Wildman–Crippen MR) is 76.7 cm³/mol. The van der Waals surface area contributed by atoms with Gasteiger partial charge in [-0.05, 0) is 31.9 Å². The Morgan fingerprint density at radius 1 is 1.29 bits per heavy atom. The summed E-state index contributed by atoms with van der Waals surface area (Å²) in [4.78, 5) is 14.4. The van der Waals surface area contributed by atoms with Crippen molar-refractivity contribution in [2.45, 2.75) is 24.7 Å². The van der Waals surface area contributed by atoms with Crippen molar-refractivity contribution in [3.63, 3.8) is 0 Å². The van der Waals surface area contributed by atoms with Gasteiger partial charge in [-0.3, -0.25) is 4.90 Å². The first-order valence-corrected chi connectivity index (χ1v) is 7.91. The van der Waals surface area contributed by atoms with Crippen molar-refractivity contribution in [3.05, 3.63) is 41.7 Å². The fourth-order valence-corrected chi connectivity index (χ4v) is 2.79. The zero-order valence-corrected chi connectivity index (χ0v) is 12.4. The summed E-state index contributed by atoms with van der Waals surface area (Å²) in [6, 6.07) is 6.44. The molecule has 0 bridgehead atoms. The van der Waals surface area contributed by atoms with E-state index in [2.05, 4.69) is 10.3 Å². The van der Waals surface area contributed by atoms with E-state index in [0.717, 1.165) is 10.5 Å². The molecular weight excluding hydrogens is 294 g/mol. The molecule has 0 saturated carbocycles. The largest absolute Gasteiger partial charge is 0.465 e. The third-order valence-corrected chi connectivity index (χ3v) is 4.34. The van der Waals surface area contributed by atoms with Crippen molar-refractivity contribution >= 4 is 16.1 Å². The molecule has 0 saturated heterocycles. The Balaban J connectivity index is 2.05. The number of rotatable bonds is 4. The monoisotopic (exact) mass is 311 g/mol. The molecule has 0 aliphatic carbocycles. The van der Waals surface area contributed by atoms with Gasteiger partial charge >= 0.3 is 6.09 Å². The highest BCUT2D eigenvalue weighted by molar-refractivity contribution is 7.89. The molecule has 0 radical (unpaired) electrons. The van der Waals surface area contributed by atoms with E-state index >= 15 is 0 Å². The number of allylic oxidation sites excluding steroid dienone is 1. The second-order valence-corrected chi connectivity index (χ2v) is 6.46. The second kappa shape index (κ2) is 6.15. The van der Waals surface area contributed by atoms with Crippen LogP contribution in [0.25, 0.3) is 0 Å².